The van der Waals surface area contributed by atoms with Gasteiger partial charge in [0.25, 0.3) is 4.84 Å². The van der Waals surface area contributed by atoms with E-state index >= 15 is 0 Å². The van der Waals surface area contributed by atoms with Gasteiger partial charge in [0.15, 0.2) is 16.5 Å². The average molecular weight is 419 g/mol. The van der Waals surface area contributed by atoms with Gasteiger partial charge in [-0.3, -0.25) is 0 Å². The fourth-order valence-electron chi connectivity index (χ4n) is 3.10. The van der Waals surface area contributed by atoms with Gasteiger partial charge < -0.3 is 14.1 Å². The zero-order valence-electron chi connectivity index (χ0n) is 14.6. The molecule has 1 saturated heterocycles. The number of ether oxygens (including phenoxy) is 1. The van der Waals surface area contributed by atoms with Gasteiger partial charge in [0.1, 0.15) is 12.3 Å². The molecule has 0 spiro atoms. The second-order valence-corrected chi connectivity index (χ2v) is 9.57. The lowest BCUT2D eigenvalue weighted by Crippen LogP contribution is -3.07. The number of hydrogen-bond acceptors (Lipinski definition) is 6. The molecule has 1 N–H and O–H groups in total. The Morgan fingerprint density at radius 3 is 2.92 bits per heavy atom. The van der Waals surface area contributed by atoms with Crippen LogP contribution in [0.4, 0.5) is 0 Å². The second-order valence-electron chi connectivity index (χ2n) is 6.55. The third kappa shape index (κ3) is 4.46. The molecule has 2 aromatic rings. The maximum atomic E-state index is 11.6. The van der Waals surface area contributed by atoms with E-state index in [9.17, 15) is 8.42 Å². The number of aromatic nitrogens is 2. The summed E-state index contributed by atoms with van der Waals surface area (Å²) >= 11 is 11.3. The molecule has 3 rings (SSSR count). The Morgan fingerprint density at radius 1 is 1.50 bits per heavy atom. The molecule has 0 radical (unpaired) electrons. The molecule has 1 fully saturated rings. The lowest BCUT2D eigenvalue weighted by Gasteiger charge is -2.15. The summed E-state index contributed by atoms with van der Waals surface area (Å²) in [6, 6.07) is 5.50. The summed E-state index contributed by atoms with van der Waals surface area (Å²) in [4.78, 5) is 1.35. The summed E-state index contributed by atoms with van der Waals surface area (Å²) < 4.78 is 35.8. The van der Waals surface area contributed by atoms with Crippen LogP contribution in [0.15, 0.2) is 22.6 Å². The molecule has 0 bridgehead atoms. The SMILES string of the molecule is COc1ccc(Cl)cc1C[NH+](C)Cn1nc([C@@H]2CCS(=O)(=O)C2)oc1=S. The molecular formula is C16H21ClN3O4S2+. The van der Waals surface area contributed by atoms with E-state index in [2.05, 4.69) is 5.10 Å². The Morgan fingerprint density at radius 2 is 2.27 bits per heavy atom. The Labute approximate surface area is 162 Å². The predicted octanol–water partition coefficient (Wildman–Crippen LogP) is 1.44. The first kappa shape index (κ1) is 19.3. The van der Waals surface area contributed by atoms with Gasteiger partial charge in [-0.2, -0.15) is 4.68 Å². The first-order valence-corrected chi connectivity index (χ1v) is 10.8. The van der Waals surface area contributed by atoms with Crippen LogP contribution in [-0.4, -0.2) is 43.9 Å². The van der Waals surface area contributed by atoms with Gasteiger partial charge in [0, 0.05) is 10.6 Å². The third-order valence-corrected chi connectivity index (χ3v) is 6.66. The molecule has 7 nitrogen and oxygen atoms in total. The number of sulfone groups is 1. The minimum Gasteiger partial charge on any atom is -0.496 e. The minimum absolute atomic E-state index is 0.0741. The van der Waals surface area contributed by atoms with Gasteiger partial charge in [-0.15, -0.1) is 5.10 Å². The number of quaternary nitrogens is 1. The van der Waals surface area contributed by atoms with E-state index in [1.54, 1.807) is 17.9 Å². The number of halogens is 1. The number of hydrogen-bond donors (Lipinski definition) is 1. The molecule has 0 aliphatic carbocycles. The number of rotatable bonds is 6. The summed E-state index contributed by atoms with van der Waals surface area (Å²) in [5, 5.41) is 5.05. The normalized spacial score (nSPS) is 20.2. The van der Waals surface area contributed by atoms with Crippen molar-refractivity contribution in [1.82, 2.24) is 9.78 Å². The van der Waals surface area contributed by atoms with Crippen molar-refractivity contribution in [2.75, 3.05) is 25.7 Å². The summed E-state index contributed by atoms with van der Waals surface area (Å²) in [5.74, 6) is 1.21. The van der Waals surface area contributed by atoms with Gasteiger partial charge in [-0.25, -0.2) is 8.42 Å². The van der Waals surface area contributed by atoms with Crippen molar-refractivity contribution in [2.24, 2.45) is 0 Å². The Kier molecular flexibility index (Phi) is 5.71. The van der Waals surface area contributed by atoms with Crippen LogP contribution in [0.3, 0.4) is 0 Å². The fraction of sp³-hybridized carbons (Fsp3) is 0.500. The molecule has 142 valence electrons. The molecule has 1 aromatic heterocycles. The maximum absolute atomic E-state index is 11.6. The van der Waals surface area contributed by atoms with Crippen LogP contribution in [-0.2, 0) is 23.1 Å². The van der Waals surface area contributed by atoms with Crippen molar-refractivity contribution >= 4 is 33.7 Å². The van der Waals surface area contributed by atoms with Crippen LogP contribution in [0.2, 0.25) is 5.02 Å². The van der Waals surface area contributed by atoms with E-state index in [-0.39, 0.29) is 22.3 Å². The van der Waals surface area contributed by atoms with E-state index in [0.29, 0.717) is 30.5 Å². The monoisotopic (exact) mass is 418 g/mol. The highest BCUT2D eigenvalue weighted by Crippen LogP contribution is 2.27. The zero-order chi connectivity index (χ0) is 18.9. The van der Waals surface area contributed by atoms with Gasteiger partial charge in [-0.05, 0) is 36.8 Å². The number of benzene rings is 1. The molecule has 2 atom stereocenters. The topological polar surface area (TPSA) is 78.8 Å². The summed E-state index contributed by atoms with van der Waals surface area (Å²) in [6.45, 7) is 1.14. The molecule has 1 unspecified atom stereocenters. The molecule has 1 aromatic carbocycles. The van der Waals surface area contributed by atoms with Gasteiger partial charge in [0.2, 0.25) is 5.89 Å². The standard InChI is InChI=1S/C16H20ClN3O4S2/c1-19(8-12-7-13(17)3-4-14(12)23-2)10-20-16(25)24-15(18-20)11-5-6-26(21,22)9-11/h3-4,7,11H,5-6,8-10H2,1-2H3/p+1/t11-/m1/s1. The quantitative estimate of drug-likeness (QED) is 0.715. The van der Waals surface area contributed by atoms with Crippen molar-refractivity contribution in [3.05, 3.63) is 39.5 Å². The minimum atomic E-state index is -3.00. The van der Waals surface area contributed by atoms with Gasteiger partial charge >= 0.3 is 0 Å². The smallest absolute Gasteiger partial charge is 0.291 e. The van der Waals surface area contributed by atoms with Crippen molar-refractivity contribution in [3.8, 4) is 5.75 Å². The molecule has 1 aliphatic rings. The Hall–Kier alpha value is -1.42. The molecule has 26 heavy (non-hydrogen) atoms. The van der Waals surface area contributed by atoms with Crippen molar-refractivity contribution in [2.45, 2.75) is 25.6 Å². The fourth-order valence-corrected chi connectivity index (χ4v) is 5.22. The van der Waals surface area contributed by atoms with Crippen LogP contribution in [0.25, 0.3) is 0 Å². The van der Waals surface area contributed by atoms with Crippen LogP contribution in [0.5, 0.6) is 5.75 Å². The van der Waals surface area contributed by atoms with Crippen LogP contribution >= 0.6 is 23.8 Å². The third-order valence-electron chi connectivity index (χ3n) is 4.36. The van der Waals surface area contributed by atoms with Gasteiger partial charge in [-0.1, -0.05) is 11.6 Å². The summed E-state index contributed by atoms with van der Waals surface area (Å²) in [7, 11) is 0.622. The van der Waals surface area contributed by atoms with E-state index in [1.807, 2.05) is 19.2 Å². The van der Waals surface area contributed by atoms with Crippen molar-refractivity contribution in [1.29, 1.82) is 0 Å². The molecule has 0 saturated carbocycles. The highest BCUT2D eigenvalue weighted by molar-refractivity contribution is 7.91. The van der Waals surface area contributed by atoms with Crippen molar-refractivity contribution < 1.29 is 22.5 Å². The van der Waals surface area contributed by atoms with Crippen molar-refractivity contribution in [3.63, 3.8) is 0 Å². The lowest BCUT2D eigenvalue weighted by molar-refractivity contribution is -0.917. The van der Waals surface area contributed by atoms with E-state index in [0.717, 1.165) is 16.2 Å². The zero-order valence-corrected chi connectivity index (χ0v) is 17.0. The predicted molar refractivity (Wildman–Crippen MR) is 99.9 cm³/mol. The van der Waals surface area contributed by atoms with E-state index < -0.39 is 9.84 Å². The first-order chi connectivity index (χ1) is 12.3. The van der Waals surface area contributed by atoms with Crippen LogP contribution < -0.4 is 9.64 Å². The highest BCUT2D eigenvalue weighted by Gasteiger charge is 2.33. The van der Waals surface area contributed by atoms with Gasteiger partial charge in [0.05, 0.1) is 31.6 Å². The first-order valence-electron chi connectivity index (χ1n) is 8.19. The maximum Gasteiger partial charge on any atom is 0.291 e. The number of nitrogens with zero attached hydrogens (tertiary/aromatic N) is 2. The number of nitrogens with one attached hydrogen (secondary N) is 1. The molecule has 10 heteroatoms. The molecular weight excluding hydrogens is 398 g/mol. The molecule has 0 amide bonds. The van der Waals surface area contributed by atoms with E-state index in [1.165, 1.54) is 0 Å². The highest BCUT2D eigenvalue weighted by atomic mass is 35.5. The Balaban J connectivity index is 1.71. The number of methoxy groups -OCH3 is 1. The average Bonchev–Trinajstić information content (AvgIpc) is 3.10. The summed E-state index contributed by atoms with van der Waals surface area (Å²) in [5.41, 5.74) is 0.981. The molecule has 2 heterocycles. The van der Waals surface area contributed by atoms with E-state index in [4.69, 9.17) is 33.0 Å². The second kappa shape index (κ2) is 7.67. The summed E-state index contributed by atoms with van der Waals surface area (Å²) in [6.07, 6.45) is 0.528. The Bertz CT molecular complexity index is 955. The van der Waals surface area contributed by atoms with Crippen LogP contribution in [0, 0.1) is 4.84 Å². The van der Waals surface area contributed by atoms with Crippen LogP contribution in [0.1, 0.15) is 23.8 Å². The largest absolute Gasteiger partial charge is 0.496 e. The lowest BCUT2D eigenvalue weighted by atomic mass is 10.1. The molecule has 1 aliphatic heterocycles.